The normalized spacial score (nSPS) is 22.6. The molecule has 1 aliphatic carbocycles. The molecule has 1 amide bonds. The van der Waals surface area contributed by atoms with Crippen LogP contribution in [-0.2, 0) is 0 Å². The fourth-order valence-electron chi connectivity index (χ4n) is 3.00. The molecular formula is C16H21BrClNO. The molecule has 1 fully saturated rings. The highest BCUT2D eigenvalue weighted by atomic mass is 79.9. The second-order valence-corrected chi connectivity index (χ2v) is 7.19. The summed E-state index contributed by atoms with van der Waals surface area (Å²) in [6, 6.07) is 5.27. The third-order valence-corrected chi connectivity index (χ3v) is 4.68. The standard InChI is InChI=1S/C16H21BrClNO/c1-11-3-2-4-12(7-11)5-6-19-16(20)13-8-14(17)10-15(18)9-13/h8-12H,2-7H2,1H3,(H,19,20). The van der Waals surface area contributed by atoms with E-state index in [9.17, 15) is 4.79 Å². The quantitative estimate of drug-likeness (QED) is 0.802. The predicted octanol–water partition coefficient (Wildman–Crippen LogP) is 5.05. The molecule has 20 heavy (non-hydrogen) atoms. The van der Waals surface area contributed by atoms with Crippen molar-refractivity contribution >= 4 is 33.4 Å². The molecule has 0 bridgehead atoms. The zero-order chi connectivity index (χ0) is 14.5. The molecule has 0 aliphatic heterocycles. The summed E-state index contributed by atoms with van der Waals surface area (Å²) in [5, 5.41) is 3.57. The lowest BCUT2D eigenvalue weighted by Gasteiger charge is -2.26. The fourth-order valence-corrected chi connectivity index (χ4v) is 3.86. The third-order valence-electron chi connectivity index (χ3n) is 4.01. The lowest BCUT2D eigenvalue weighted by molar-refractivity contribution is 0.0949. The molecule has 2 rings (SSSR count). The summed E-state index contributed by atoms with van der Waals surface area (Å²) in [5.74, 6) is 1.57. The van der Waals surface area contributed by atoms with Crippen LogP contribution in [0.2, 0.25) is 5.02 Å². The number of rotatable bonds is 4. The Balaban J connectivity index is 1.80. The van der Waals surface area contributed by atoms with Crippen LogP contribution in [0.25, 0.3) is 0 Å². The van der Waals surface area contributed by atoms with Crippen LogP contribution in [0.1, 0.15) is 49.4 Å². The maximum Gasteiger partial charge on any atom is 0.251 e. The van der Waals surface area contributed by atoms with Gasteiger partial charge < -0.3 is 5.32 Å². The molecule has 0 aromatic heterocycles. The van der Waals surface area contributed by atoms with E-state index in [1.54, 1.807) is 18.2 Å². The van der Waals surface area contributed by atoms with Gasteiger partial charge >= 0.3 is 0 Å². The summed E-state index contributed by atoms with van der Waals surface area (Å²) in [4.78, 5) is 12.1. The topological polar surface area (TPSA) is 29.1 Å². The van der Waals surface area contributed by atoms with E-state index in [-0.39, 0.29) is 5.91 Å². The first-order valence-corrected chi connectivity index (χ1v) is 8.46. The largest absolute Gasteiger partial charge is 0.352 e. The Bertz CT molecular complexity index is 457. The lowest BCUT2D eigenvalue weighted by Crippen LogP contribution is -2.27. The second-order valence-electron chi connectivity index (χ2n) is 5.84. The molecule has 0 saturated heterocycles. The molecule has 1 N–H and O–H groups in total. The summed E-state index contributed by atoms with van der Waals surface area (Å²) in [6.07, 6.45) is 6.39. The summed E-state index contributed by atoms with van der Waals surface area (Å²) in [5.41, 5.74) is 0.612. The Morgan fingerprint density at radius 2 is 2.20 bits per heavy atom. The number of benzene rings is 1. The van der Waals surface area contributed by atoms with Crippen molar-refractivity contribution in [1.29, 1.82) is 0 Å². The van der Waals surface area contributed by atoms with Crippen molar-refractivity contribution in [3.05, 3.63) is 33.3 Å². The lowest BCUT2D eigenvalue weighted by atomic mass is 9.81. The van der Waals surface area contributed by atoms with Crippen molar-refractivity contribution in [1.82, 2.24) is 5.32 Å². The summed E-state index contributed by atoms with van der Waals surface area (Å²) >= 11 is 9.31. The second kappa shape index (κ2) is 7.46. The van der Waals surface area contributed by atoms with E-state index in [1.807, 2.05) is 0 Å². The highest BCUT2D eigenvalue weighted by Crippen LogP contribution is 2.30. The van der Waals surface area contributed by atoms with Gasteiger partial charge in [0.2, 0.25) is 0 Å². The van der Waals surface area contributed by atoms with Gasteiger partial charge in [0.05, 0.1) is 0 Å². The van der Waals surface area contributed by atoms with Gasteiger partial charge in [0.25, 0.3) is 5.91 Å². The average Bonchev–Trinajstić information content (AvgIpc) is 2.37. The molecule has 1 aliphatic rings. The molecule has 1 aromatic rings. The first-order chi connectivity index (χ1) is 9.54. The van der Waals surface area contributed by atoms with Crippen LogP contribution < -0.4 is 5.32 Å². The average molecular weight is 359 g/mol. The summed E-state index contributed by atoms with van der Waals surface area (Å²) in [7, 11) is 0. The highest BCUT2D eigenvalue weighted by molar-refractivity contribution is 9.10. The van der Waals surface area contributed by atoms with Gasteiger partial charge in [-0.05, 0) is 42.9 Å². The van der Waals surface area contributed by atoms with Crippen LogP contribution >= 0.6 is 27.5 Å². The van der Waals surface area contributed by atoms with Crippen molar-refractivity contribution in [2.24, 2.45) is 11.8 Å². The highest BCUT2D eigenvalue weighted by Gasteiger charge is 2.18. The molecule has 110 valence electrons. The van der Waals surface area contributed by atoms with Crippen molar-refractivity contribution < 1.29 is 4.79 Å². The monoisotopic (exact) mass is 357 g/mol. The Hall–Kier alpha value is -0.540. The van der Waals surface area contributed by atoms with E-state index in [2.05, 4.69) is 28.2 Å². The minimum Gasteiger partial charge on any atom is -0.352 e. The molecule has 0 heterocycles. The van der Waals surface area contributed by atoms with Gasteiger partial charge in [-0.3, -0.25) is 4.79 Å². The van der Waals surface area contributed by atoms with E-state index >= 15 is 0 Å². The van der Waals surface area contributed by atoms with Gasteiger partial charge in [-0.15, -0.1) is 0 Å². The van der Waals surface area contributed by atoms with Gasteiger partial charge in [0, 0.05) is 21.6 Å². The molecular weight excluding hydrogens is 338 g/mol. The van der Waals surface area contributed by atoms with Crippen LogP contribution in [0.3, 0.4) is 0 Å². The zero-order valence-electron chi connectivity index (χ0n) is 11.8. The minimum absolute atomic E-state index is 0.0444. The van der Waals surface area contributed by atoms with Gasteiger partial charge in [0.15, 0.2) is 0 Å². The van der Waals surface area contributed by atoms with Gasteiger partial charge in [-0.1, -0.05) is 53.7 Å². The van der Waals surface area contributed by atoms with E-state index in [4.69, 9.17) is 11.6 Å². The van der Waals surface area contributed by atoms with Crippen molar-refractivity contribution in [3.8, 4) is 0 Å². The van der Waals surface area contributed by atoms with Crippen molar-refractivity contribution in [2.75, 3.05) is 6.54 Å². The molecule has 1 aromatic carbocycles. The number of nitrogens with one attached hydrogen (secondary N) is 1. The maximum absolute atomic E-state index is 12.1. The molecule has 0 spiro atoms. The van der Waals surface area contributed by atoms with Gasteiger partial charge in [0.1, 0.15) is 0 Å². The van der Waals surface area contributed by atoms with Crippen molar-refractivity contribution in [3.63, 3.8) is 0 Å². The molecule has 0 radical (unpaired) electrons. The van der Waals surface area contributed by atoms with Crippen molar-refractivity contribution in [2.45, 2.75) is 39.0 Å². The Labute approximate surface area is 134 Å². The molecule has 4 heteroatoms. The minimum atomic E-state index is -0.0444. The molecule has 2 unspecified atom stereocenters. The maximum atomic E-state index is 12.1. The van der Waals surface area contributed by atoms with E-state index in [0.717, 1.165) is 29.3 Å². The number of amides is 1. The summed E-state index contributed by atoms with van der Waals surface area (Å²) in [6.45, 7) is 3.08. The van der Waals surface area contributed by atoms with Crippen LogP contribution in [0.4, 0.5) is 0 Å². The van der Waals surface area contributed by atoms with E-state index < -0.39 is 0 Å². The molecule has 1 saturated carbocycles. The Morgan fingerprint density at radius 3 is 2.90 bits per heavy atom. The van der Waals surface area contributed by atoms with Crippen LogP contribution in [-0.4, -0.2) is 12.5 Å². The number of halogens is 2. The predicted molar refractivity (Wildman–Crippen MR) is 87.2 cm³/mol. The van der Waals surface area contributed by atoms with E-state index in [0.29, 0.717) is 10.6 Å². The number of carbonyl (C=O) groups is 1. The zero-order valence-corrected chi connectivity index (χ0v) is 14.1. The van der Waals surface area contributed by atoms with Crippen LogP contribution in [0.15, 0.2) is 22.7 Å². The first kappa shape index (κ1) is 15.8. The third kappa shape index (κ3) is 4.78. The Kier molecular flexibility index (Phi) is 5.91. The smallest absolute Gasteiger partial charge is 0.251 e. The van der Waals surface area contributed by atoms with Gasteiger partial charge in [-0.2, -0.15) is 0 Å². The summed E-state index contributed by atoms with van der Waals surface area (Å²) < 4.78 is 0.830. The SMILES string of the molecule is CC1CCCC(CCNC(=O)c2cc(Cl)cc(Br)c2)C1. The van der Waals surface area contributed by atoms with Crippen LogP contribution in [0.5, 0.6) is 0 Å². The van der Waals surface area contributed by atoms with Crippen LogP contribution in [0, 0.1) is 11.8 Å². The number of carbonyl (C=O) groups excluding carboxylic acids is 1. The molecule has 2 atom stereocenters. The first-order valence-electron chi connectivity index (χ1n) is 7.29. The Morgan fingerprint density at radius 1 is 1.40 bits per heavy atom. The number of hydrogen-bond donors (Lipinski definition) is 1. The molecule has 2 nitrogen and oxygen atoms in total. The number of hydrogen-bond acceptors (Lipinski definition) is 1. The fraction of sp³-hybridized carbons (Fsp3) is 0.562. The van der Waals surface area contributed by atoms with E-state index in [1.165, 1.54) is 25.7 Å². The van der Waals surface area contributed by atoms with Gasteiger partial charge in [-0.25, -0.2) is 0 Å².